The third kappa shape index (κ3) is 4.80. The van der Waals surface area contributed by atoms with Gasteiger partial charge < -0.3 is 20.3 Å². The average molecular weight is 470 g/mol. The van der Waals surface area contributed by atoms with Crippen molar-refractivity contribution >= 4 is 29.2 Å². The minimum absolute atomic E-state index is 0.0381. The van der Waals surface area contributed by atoms with Gasteiger partial charge in [0, 0.05) is 42.5 Å². The lowest BCUT2D eigenvalue weighted by atomic mass is 9.89. The van der Waals surface area contributed by atoms with Crippen molar-refractivity contribution < 1.29 is 27.9 Å². The molecule has 0 unspecified atom stereocenters. The van der Waals surface area contributed by atoms with Crippen molar-refractivity contribution in [2.75, 3.05) is 23.3 Å². The lowest BCUT2D eigenvalue weighted by molar-refractivity contribution is -0.134. The average Bonchev–Trinajstić information content (AvgIpc) is 3.55. The predicted molar refractivity (Wildman–Crippen MR) is 120 cm³/mol. The Bertz CT molecular complexity index is 1120. The van der Waals surface area contributed by atoms with Crippen LogP contribution in [0.25, 0.3) is 0 Å². The van der Waals surface area contributed by atoms with Crippen LogP contribution < -0.4 is 25.6 Å². The summed E-state index contributed by atoms with van der Waals surface area (Å²) in [6.07, 6.45) is 2.46. The Morgan fingerprint density at radius 1 is 1.06 bits per heavy atom. The number of piperidine rings is 1. The van der Waals surface area contributed by atoms with E-state index in [4.69, 9.17) is 4.74 Å². The number of nitrogens with one attached hydrogen (secondary N) is 3. The highest BCUT2D eigenvalue weighted by Crippen LogP contribution is 2.33. The highest BCUT2D eigenvalue weighted by molar-refractivity contribution is 6.01. The third-order valence-corrected chi connectivity index (χ3v) is 6.15. The molecular weight excluding hydrogens is 446 g/mol. The maximum atomic E-state index is 14.7. The molecule has 10 heteroatoms. The van der Waals surface area contributed by atoms with Crippen molar-refractivity contribution in [3.63, 3.8) is 0 Å². The first kappa shape index (κ1) is 22.1. The summed E-state index contributed by atoms with van der Waals surface area (Å²) >= 11 is 0. The molecule has 0 spiro atoms. The maximum Gasteiger partial charge on any atom is 0.319 e. The number of imide groups is 1. The SMILES string of the molecule is O=C1CC[C@H](c2c(F)cc(N3CC(NC(=O)Nc4cccc(OC5CC5)c4)C3)cc2F)C(=O)N1. The zero-order valence-electron chi connectivity index (χ0n) is 18.3. The lowest BCUT2D eigenvalue weighted by Gasteiger charge is -2.41. The quantitative estimate of drug-likeness (QED) is 0.564. The van der Waals surface area contributed by atoms with Gasteiger partial charge in [-0.1, -0.05) is 6.07 Å². The van der Waals surface area contributed by atoms with Gasteiger partial charge in [0.25, 0.3) is 0 Å². The van der Waals surface area contributed by atoms with E-state index in [2.05, 4.69) is 16.0 Å². The zero-order chi connectivity index (χ0) is 23.8. The lowest BCUT2D eigenvalue weighted by Crippen LogP contribution is -2.60. The first-order chi connectivity index (χ1) is 16.4. The summed E-state index contributed by atoms with van der Waals surface area (Å²) < 4.78 is 35.2. The molecule has 1 aliphatic carbocycles. The first-order valence-electron chi connectivity index (χ1n) is 11.3. The van der Waals surface area contributed by atoms with E-state index >= 15 is 0 Å². The molecule has 3 fully saturated rings. The zero-order valence-corrected chi connectivity index (χ0v) is 18.3. The van der Waals surface area contributed by atoms with Crippen molar-refractivity contribution in [2.45, 2.75) is 43.7 Å². The molecular formula is C24H24F2N4O4. The van der Waals surface area contributed by atoms with Crippen LogP contribution in [0.4, 0.5) is 25.0 Å². The number of anilines is 2. The van der Waals surface area contributed by atoms with Gasteiger partial charge in [0.05, 0.1) is 18.1 Å². The van der Waals surface area contributed by atoms with Crippen LogP contribution in [0, 0.1) is 11.6 Å². The van der Waals surface area contributed by atoms with E-state index in [1.165, 1.54) is 12.1 Å². The Balaban J connectivity index is 1.15. The van der Waals surface area contributed by atoms with Gasteiger partial charge in [-0.2, -0.15) is 0 Å². The highest BCUT2D eigenvalue weighted by Gasteiger charge is 2.34. The number of halogens is 2. The maximum absolute atomic E-state index is 14.7. The number of benzene rings is 2. The number of carbonyl (C=O) groups is 3. The number of ether oxygens (including phenoxy) is 1. The molecule has 3 N–H and O–H groups in total. The molecule has 2 heterocycles. The molecule has 0 radical (unpaired) electrons. The smallest absolute Gasteiger partial charge is 0.319 e. The van der Waals surface area contributed by atoms with E-state index in [-0.39, 0.29) is 36.6 Å². The minimum atomic E-state index is -1.03. The first-order valence-corrected chi connectivity index (χ1v) is 11.3. The number of urea groups is 1. The molecule has 5 rings (SSSR count). The number of hydrogen-bond donors (Lipinski definition) is 3. The second kappa shape index (κ2) is 8.92. The fraction of sp³-hybridized carbons (Fsp3) is 0.375. The molecule has 0 bridgehead atoms. The van der Waals surface area contributed by atoms with E-state index in [0.29, 0.717) is 30.2 Å². The summed E-state index contributed by atoms with van der Waals surface area (Å²) in [6, 6.07) is 8.98. The molecule has 2 aliphatic heterocycles. The minimum Gasteiger partial charge on any atom is -0.490 e. The van der Waals surface area contributed by atoms with Crippen LogP contribution in [0.2, 0.25) is 0 Å². The Morgan fingerprint density at radius 3 is 2.47 bits per heavy atom. The molecule has 2 saturated heterocycles. The van der Waals surface area contributed by atoms with E-state index in [1.54, 1.807) is 23.1 Å². The van der Waals surface area contributed by atoms with Crippen LogP contribution in [-0.4, -0.2) is 43.1 Å². The van der Waals surface area contributed by atoms with Crippen molar-refractivity contribution in [2.24, 2.45) is 0 Å². The van der Waals surface area contributed by atoms with Crippen LogP contribution in [0.1, 0.15) is 37.2 Å². The Hall–Kier alpha value is -3.69. The van der Waals surface area contributed by atoms with E-state index in [9.17, 15) is 23.2 Å². The van der Waals surface area contributed by atoms with E-state index < -0.39 is 29.4 Å². The molecule has 4 amide bonds. The standard InChI is InChI=1S/C24H24F2N4O4/c25-19-9-15(10-20(26)22(19)18-6-7-21(31)29-23(18)32)30-11-14(12-30)28-24(33)27-13-2-1-3-17(8-13)34-16-4-5-16/h1-3,8-10,14,16,18H,4-7,11-12H2,(H2,27,28,33)(H,29,31,32)/t18-/m1/s1. The fourth-order valence-electron chi connectivity index (χ4n) is 4.21. The van der Waals surface area contributed by atoms with Gasteiger partial charge in [-0.3, -0.25) is 14.9 Å². The number of hydrogen-bond acceptors (Lipinski definition) is 5. The molecule has 0 aromatic heterocycles. The van der Waals surface area contributed by atoms with Crippen molar-refractivity contribution in [1.29, 1.82) is 0 Å². The monoisotopic (exact) mass is 470 g/mol. The number of nitrogens with zero attached hydrogens (tertiary/aromatic N) is 1. The molecule has 2 aromatic rings. The van der Waals surface area contributed by atoms with E-state index in [1.807, 2.05) is 6.07 Å². The number of amides is 4. The Morgan fingerprint density at radius 2 is 1.79 bits per heavy atom. The van der Waals surface area contributed by atoms with Gasteiger partial charge in [-0.05, 0) is 43.5 Å². The molecule has 1 saturated carbocycles. The Labute approximate surface area is 194 Å². The summed E-state index contributed by atoms with van der Waals surface area (Å²) in [5.41, 5.74) is 0.616. The molecule has 34 heavy (non-hydrogen) atoms. The molecule has 3 aliphatic rings. The number of rotatable bonds is 6. The molecule has 2 aromatic carbocycles. The van der Waals surface area contributed by atoms with Crippen molar-refractivity contribution in [1.82, 2.24) is 10.6 Å². The van der Waals surface area contributed by atoms with Crippen LogP contribution in [-0.2, 0) is 9.59 Å². The van der Waals surface area contributed by atoms with Gasteiger partial charge in [0.2, 0.25) is 11.8 Å². The second-order valence-corrected chi connectivity index (χ2v) is 8.87. The van der Waals surface area contributed by atoms with E-state index in [0.717, 1.165) is 12.8 Å². The third-order valence-electron chi connectivity index (χ3n) is 6.15. The summed E-state index contributed by atoms with van der Waals surface area (Å²) in [7, 11) is 0. The van der Waals surface area contributed by atoms with Crippen molar-refractivity contribution in [3.05, 3.63) is 53.6 Å². The van der Waals surface area contributed by atoms with Gasteiger partial charge >= 0.3 is 6.03 Å². The largest absolute Gasteiger partial charge is 0.490 e. The predicted octanol–water partition coefficient (Wildman–Crippen LogP) is 3.04. The van der Waals surface area contributed by atoms with Crippen LogP contribution in [0.3, 0.4) is 0 Å². The van der Waals surface area contributed by atoms with Crippen LogP contribution in [0.15, 0.2) is 36.4 Å². The number of carbonyl (C=O) groups excluding carboxylic acids is 3. The summed E-state index contributed by atoms with van der Waals surface area (Å²) in [4.78, 5) is 37.4. The highest BCUT2D eigenvalue weighted by atomic mass is 19.1. The van der Waals surface area contributed by atoms with Gasteiger partial charge in [0.1, 0.15) is 17.4 Å². The van der Waals surface area contributed by atoms with Crippen LogP contribution in [0.5, 0.6) is 5.75 Å². The second-order valence-electron chi connectivity index (χ2n) is 8.87. The van der Waals surface area contributed by atoms with Crippen molar-refractivity contribution in [3.8, 4) is 5.75 Å². The van der Waals surface area contributed by atoms with Crippen LogP contribution >= 0.6 is 0 Å². The fourth-order valence-corrected chi connectivity index (χ4v) is 4.21. The van der Waals surface area contributed by atoms with Gasteiger partial charge in [0.15, 0.2) is 0 Å². The molecule has 1 atom stereocenters. The molecule has 178 valence electrons. The molecule has 8 nitrogen and oxygen atoms in total. The topological polar surface area (TPSA) is 99.8 Å². The normalized spacial score (nSPS) is 20.4. The Kier molecular flexibility index (Phi) is 5.80. The van der Waals surface area contributed by atoms with Gasteiger partial charge in [-0.25, -0.2) is 13.6 Å². The summed E-state index contributed by atoms with van der Waals surface area (Å²) in [5.74, 6) is -3.11. The summed E-state index contributed by atoms with van der Waals surface area (Å²) in [5, 5.41) is 7.73. The summed E-state index contributed by atoms with van der Waals surface area (Å²) in [6.45, 7) is 0.768. The van der Waals surface area contributed by atoms with Gasteiger partial charge in [-0.15, -0.1) is 0 Å².